The van der Waals surface area contributed by atoms with E-state index in [1.54, 1.807) is 0 Å². The fourth-order valence-corrected chi connectivity index (χ4v) is 3.20. The molecule has 0 bridgehead atoms. The number of methoxy groups -OCH3 is 1. The summed E-state index contributed by atoms with van der Waals surface area (Å²) in [5.41, 5.74) is 0.568. The van der Waals surface area contributed by atoms with Gasteiger partial charge < -0.3 is 4.74 Å². The molecule has 0 amide bonds. The van der Waals surface area contributed by atoms with E-state index in [9.17, 15) is 13.4 Å². The summed E-state index contributed by atoms with van der Waals surface area (Å²) in [6.07, 6.45) is 1.10. The first-order valence-electron chi connectivity index (χ1n) is 5.40. The molecular weight excluding hydrogens is 259 g/mol. The SMILES string of the molecule is COC(=O)C1CS(=O)CC(c2ccc(F)cn2)N1. The van der Waals surface area contributed by atoms with Crippen molar-refractivity contribution >= 4 is 16.8 Å². The zero-order chi connectivity index (χ0) is 13.1. The molecule has 5 nitrogen and oxygen atoms in total. The van der Waals surface area contributed by atoms with Gasteiger partial charge in [0.1, 0.15) is 11.9 Å². The summed E-state index contributed by atoms with van der Waals surface area (Å²) >= 11 is 0. The Hall–Kier alpha value is -1.34. The van der Waals surface area contributed by atoms with Gasteiger partial charge in [-0.2, -0.15) is 0 Å². The highest BCUT2D eigenvalue weighted by Crippen LogP contribution is 2.18. The molecule has 1 saturated heterocycles. The lowest BCUT2D eigenvalue weighted by molar-refractivity contribution is -0.142. The van der Waals surface area contributed by atoms with Gasteiger partial charge in [0.25, 0.3) is 0 Å². The summed E-state index contributed by atoms with van der Waals surface area (Å²) in [4.78, 5) is 15.4. The minimum Gasteiger partial charge on any atom is -0.468 e. The van der Waals surface area contributed by atoms with Gasteiger partial charge in [-0.15, -0.1) is 0 Å². The molecule has 3 unspecified atom stereocenters. The third-order valence-electron chi connectivity index (χ3n) is 2.70. The second-order valence-corrected chi connectivity index (χ2v) is 5.52. The number of esters is 1. The minimum atomic E-state index is -1.13. The number of halogens is 1. The molecule has 18 heavy (non-hydrogen) atoms. The lowest BCUT2D eigenvalue weighted by atomic mass is 10.2. The number of rotatable bonds is 2. The zero-order valence-corrected chi connectivity index (χ0v) is 10.6. The van der Waals surface area contributed by atoms with Crippen LogP contribution in [0.4, 0.5) is 4.39 Å². The number of nitrogens with one attached hydrogen (secondary N) is 1. The summed E-state index contributed by atoms with van der Waals surface area (Å²) in [5, 5.41) is 3.02. The van der Waals surface area contributed by atoms with E-state index in [2.05, 4.69) is 15.0 Å². The number of aromatic nitrogens is 1. The molecule has 1 aromatic rings. The Bertz CT molecular complexity index is 466. The van der Waals surface area contributed by atoms with Gasteiger partial charge in [0.05, 0.1) is 25.0 Å². The molecule has 1 N–H and O–H groups in total. The molecule has 0 radical (unpaired) electrons. The van der Waals surface area contributed by atoms with Crippen molar-refractivity contribution in [1.82, 2.24) is 10.3 Å². The predicted molar refractivity (Wildman–Crippen MR) is 63.8 cm³/mol. The lowest BCUT2D eigenvalue weighted by Gasteiger charge is -2.28. The maximum absolute atomic E-state index is 12.8. The number of nitrogens with zero attached hydrogens (tertiary/aromatic N) is 1. The number of hydrogen-bond donors (Lipinski definition) is 1. The summed E-state index contributed by atoms with van der Waals surface area (Å²) in [6.45, 7) is 0. The highest BCUT2D eigenvalue weighted by atomic mass is 32.2. The van der Waals surface area contributed by atoms with E-state index in [1.807, 2.05) is 0 Å². The van der Waals surface area contributed by atoms with Gasteiger partial charge in [0.2, 0.25) is 0 Å². The van der Waals surface area contributed by atoms with Crippen molar-refractivity contribution in [3.63, 3.8) is 0 Å². The highest BCUT2D eigenvalue weighted by molar-refractivity contribution is 7.85. The fraction of sp³-hybridized carbons (Fsp3) is 0.455. The van der Waals surface area contributed by atoms with Crippen molar-refractivity contribution in [2.24, 2.45) is 0 Å². The smallest absolute Gasteiger partial charge is 0.323 e. The molecule has 0 saturated carbocycles. The lowest BCUT2D eigenvalue weighted by Crippen LogP contribution is -2.50. The van der Waals surface area contributed by atoms with Crippen molar-refractivity contribution in [3.8, 4) is 0 Å². The maximum atomic E-state index is 12.8. The average Bonchev–Trinajstić information content (AvgIpc) is 2.38. The molecule has 98 valence electrons. The molecule has 7 heteroatoms. The van der Waals surface area contributed by atoms with Gasteiger partial charge in [-0.1, -0.05) is 0 Å². The van der Waals surface area contributed by atoms with Crippen LogP contribution in [-0.2, 0) is 20.3 Å². The number of carbonyl (C=O) groups is 1. The molecule has 3 atom stereocenters. The molecule has 0 spiro atoms. The van der Waals surface area contributed by atoms with Crippen LogP contribution in [0.15, 0.2) is 18.3 Å². The molecule has 1 aliphatic heterocycles. The minimum absolute atomic E-state index is 0.227. The molecule has 2 heterocycles. The van der Waals surface area contributed by atoms with Crippen LogP contribution in [-0.4, -0.2) is 39.8 Å². The van der Waals surface area contributed by atoms with Gasteiger partial charge in [0.15, 0.2) is 0 Å². The molecule has 0 aromatic carbocycles. The normalized spacial score (nSPS) is 27.8. The number of ether oxygens (including phenoxy) is 1. The van der Waals surface area contributed by atoms with Gasteiger partial charge in [-0.25, -0.2) is 4.39 Å². The van der Waals surface area contributed by atoms with Gasteiger partial charge in [-0.05, 0) is 12.1 Å². The van der Waals surface area contributed by atoms with Crippen LogP contribution >= 0.6 is 0 Å². The second kappa shape index (κ2) is 5.53. The van der Waals surface area contributed by atoms with Crippen LogP contribution in [0.1, 0.15) is 11.7 Å². The Morgan fingerprint density at radius 1 is 1.56 bits per heavy atom. The largest absolute Gasteiger partial charge is 0.468 e. The van der Waals surface area contributed by atoms with E-state index < -0.39 is 28.6 Å². The van der Waals surface area contributed by atoms with Crippen molar-refractivity contribution < 1.29 is 18.1 Å². The van der Waals surface area contributed by atoms with Crippen molar-refractivity contribution in [3.05, 3.63) is 29.8 Å². The number of carbonyl (C=O) groups excluding carboxylic acids is 1. The van der Waals surface area contributed by atoms with E-state index in [4.69, 9.17) is 0 Å². The first-order valence-corrected chi connectivity index (χ1v) is 6.89. The predicted octanol–water partition coefficient (Wildman–Crippen LogP) is 0.155. The standard InChI is InChI=1S/C11H13FN2O3S/c1-17-11(15)10-6-18(16)5-9(14-10)8-3-2-7(12)4-13-8/h2-4,9-10,14H,5-6H2,1H3. The van der Waals surface area contributed by atoms with Crippen LogP contribution in [0, 0.1) is 5.82 Å². The van der Waals surface area contributed by atoms with E-state index in [1.165, 1.54) is 19.2 Å². The van der Waals surface area contributed by atoms with Crippen LogP contribution < -0.4 is 5.32 Å². The average molecular weight is 272 g/mol. The molecular formula is C11H13FN2O3S. The topological polar surface area (TPSA) is 68.3 Å². The molecule has 0 aliphatic carbocycles. The van der Waals surface area contributed by atoms with Gasteiger partial charge in [0, 0.05) is 22.3 Å². The van der Waals surface area contributed by atoms with Gasteiger partial charge in [-0.3, -0.25) is 19.3 Å². The summed E-state index contributed by atoms with van der Waals surface area (Å²) in [5.74, 6) is -0.299. The van der Waals surface area contributed by atoms with Crippen molar-refractivity contribution in [2.45, 2.75) is 12.1 Å². The Morgan fingerprint density at radius 3 is 2.94 bits per heavy atom. The summed E-state index contributed by atoms with van der Waals surface area (Å²) < 4.78 is 29.1. The number of hydrogen-bond acceptors (Lipinski definition) is 5. The van der Waals surface area contributed by atoms with Crippen molar-refractivity contribution in [2.75, 3.05) is 18.6 Å². The highest BCUT2D eigenvalue weighted by Gasteiger charge is 2.32. The maximum Gasteiger partial charge on any atom is 0.323 e. The van der Waals surface area contributed by atoms with Gasteiger partial charge >= 0.3 is 5.97 Å². The van der Waals surface area contributed by atoms with E-state index >= 15 is 0 Å². The fourth-order valence-electron chi connectivity index (χ4n) is 1.82. The second-order valence-electron chi connectivity index (χ2n) is 3.97. The molecule has 1 aliphatic rings. The summed E-state index contributed by atoms with van der Waals surface area (Å²) in [7, 11) is 0.159. The first-order chi connectivity index (χ1) is 8.60. The van der Waals surface area contributed by atoms with E-state index in [0.29, 0.717) is 11.4 Å². The molecule has 1 fully saturated rings. The third-order valence-corrected chi connectivity index (χ3v) is 4.11. The van der Waals surface area contributed by atoms with E-state index in [-0.39, 0.29) is 11.8 Å². The Morgan fingerprint density at radius 2 is 2.33 bits per heavy atom. The van der Waals surface area contributed by atoms with Crippen LogP contribution in [0.5, 0.6) is 0 Å². The monoisotopic (exact) mass is 272 g/mol. The van der Waals surface area contributed by atoms with Crippen LogP contribution in [0.2, 0.25) is 0 Å². The Labute approximate surface area is 106 Å². The van der Waals surface area contributed by atoms with Crippen LogP contribution in [0.25, 0.3) is 0 Å². The molecule has 2 rings (SSSR count). The van der Waals surface area contributed by atoms with Crippen molar-refractivity contribution in [1.29, 1.82) is 0 Å². The first kappa shape index (κ1) is 13.1. The summed E-state index contributed by atoms with van der Waals surface area (Å²) in [6, 6.07) is 1.86. The molecule has 1 aromatic heterocycles. The quantitative estimate of drug-likeness (QED) is 0.777. The third kappa shape index (κ3) is 2.91. The Balaban J connectivity index is 2.15. The van der Waals surface area contributed by atoms with Crippen LogP contribution in [0.3, 0.4) is 0 Å². The van der Waals surface area contributed by atoms with E-state index in [0.717, 1.165) is 6.20 Å². The zero-order valence-electron chi connectivity index (χ0n) is 9.76. The Kier molecular flexibility index (Phi) is 4.03. The number of pyridine rings is 1.